The van der Waals surface area contributed by atoms with Crippen molar-refractivity contribution in [1.82, 2.24) is 20.1 Å². The fourth-order valence-electron chi connectivity index (χ4n) is 4.19. The van der Waals surface area contributed by atoms with Crippen LogP contribution >= 0.6 is 23.6 Å². The van der Waals surface area contributed by atoms with Gasteiger partial charge in [-0.3, -0.25) is 14.5 Å². The molecule has 152 valence electrons. The number of carbonyl (C=O) groups excluding carboxylic acids is 1. The number of H-pyrrole nitrogens is 1. The van der Waals surface area contributed by atoms with E-state index in [-0.39, 0.29) is 17.1 Å². The predicted molar refractivity (Wildman–Crippen MR) is 115 cm³/mol. The van der Waals surface area contributed by atoms with E-state index in [9.17, 15) is 9.18 Å². The van der Waals surface area contributed by atoms with E-state index in [0.717, 1.165) is 36.1 Å². The Kier molecular flexibility index (Phi) is 5.65. The Morgan fingerprint density at radius 3 is 2.72 bits per heavy atom. The van der Waals surface area contributed by atoms with Gasteiger partial charge in [0, 0.05) is 12.0 Å². The number of halogens is 1. The molecule has 2 N–H and O–H groups in total. The molecule has 0 spiro atoms. The highest BCUT2D eigenvalue weighted by Crippen LogP contribution is 2.40. The molecule has 8 heteroatoms. The molecule has 1 aromatic carbocycles. The molecular formula is C21H23FN4OS2. The first-order valence-corrected chi connectivity index (χ1v) is 11.0. The van der Waals surface area contributed by atoms with Gasteiger partial charge in [0.05, 0.1) is 4.88 Å². The summed E-state index contributed by atoms with van der Waals surface area (Å²) in [6, 6.07) is 10.1. The summed E-state index contributed by atoms with van der Waals surface area (Å²) in [7, 11) is 0. The van der Waals surface area contributed by atoms with Gasteiger partial charge < -0.3 is 5.32 Å². The van der Waals surface area contributed by atoms with Gasteiger partial charge in [-0.1, -0.05) is 31.0 Å². The topological polar surface area (TPSA) is 62.7 Å². The average Bonchev–Trinajstić information content (AvgIpc) is 3.47. The van der Waals surface area contributed by atoms with Gasteiger partial charge in [-0.2, -0.15) is 5.10 Å². The zero-order valence-corrected chi connectivity index (χ0v) is 17.8. The number of hydrogen-bond acceptors (Lipinski definition) is 4. The molecule has 0 saturated heterocycles. The van der Waals surface area contributed by atoms with Crippen molar-refractivity contribution in [2.24, 2.45) is 0 Å². The van der Waals surface area contributed by atoms with Crippen LogP contribution in [-0.2, 0) is 10.2 Å². The summed E-state index contributed by atoms with van der Waals surface area (Å²) in [6.07, 6.45) is 4.19. The normalized spacial score (nSPS) is 16.6. The largest absolute Gasteiger partial charge is 0.353 e. The number of nitrogens with zero attached hydrogens (tertiary/aromatic N) is 2. The number of carbonyl (C=O) groups is 1. The third-order valence-corrected chi connectivity index (χ3v) is 6.98. The number of nitrogens with one attached hydrogen (secondary N) is 2. The van der Waals surface area contributed by atoms with Crippen LogP contribution in [0, 0.1) is 10.6 Å². The summed E-state index contributed by atoms with van der Waals surface area (Å²) >= 11 is 6.93. The van der Waals surface area contributed by atoms with Crippen molar-refractivity contribution in [1.29, 1.82) is 0 Å². The number of benzene rings is 1. The molecule has 2 heterocycles. The van der Waals surface area contributed by atoms with Gasteiger partial charge in [-0.05, 0) is 61.1 Å². The van der Waals surface area contributed by atoms with E-state index in [1.54, 1.807) is 15.9 Å². The number of thiophene rings is 1. The maximum absolute atomic E-state index is 13.4. The van der Waals surface area contributed by atoms with E-state index in [1.165, 1.54) is 12.1 Å². The van der Waals surface area contributed by atoms with Gasteiger partial charge >= 0.3 is 0 Å². The lowest BCUT2D eigenvalue weighted by molar-refractivity contribution is -0.124. The molecule has 1 saturated carbocycles. The van der Waals surface area contributed by atoms with Gasteiger partial charge in [0.2, 0.25) is 5.91 Å². The minimum absolute atomic E-state index is 0.103. The Balaban J connectivity index is 1.53. The SMILES string of the molecule is CC(C(=O)NCC1(c2ccc(F)cc2)CCCC1)n1c(-c2cccs2)n[nH]c1=S. The molecule has 2 aromatic heterocycles. The summed E-state index contributed by atoms with van der Waals surface area (Å²) in [5.41, 5.74) is 0.945. The highest BCUT2D eigenvalue weighted by molar-refractivity contribution is 7.71. The van der Waals surface area contributed by atoms with E-state index in [2.05, 4.69) is 15.5 Å². The molecule has 1 fully saturated rings. The minimum Gasteiger partial charge on any atom is -0.353 e. The lowest BCUT2D eigenvalue weighted by atomic mass is 9.78. The molecule has 0 aliphatic heterocycles. The van der Waals surface area contributed by atoms with Crippen molar-refractivity contribution in [2.45, 2.75) is 44.1 Å². The van der Waals surface area contributed by atoms with Crippen LogP contribution in [-0.4, -0.2) is 27.2 Å². The minimum atomic E-state index is -0.495. The van der Waals surface area contributed by atoms with Crippen molar-refractivity contribution in [3.63, 3.8) is 0 Å². The molecule has 4 rings (SSSR count). The Bertz CT molecular complexity index is 1030. The van der Waals surface area contributed by atoms with E-state index in [1.807, 2.05) is 36.6 Å². The summed E-state index contributed by atoms with van der Waals surface area (Å²) < 4.78 is 15.6. The molecule has 3 aromatic rings. The highest BCUT2D eigenvalue weighted by atomic mass is 32.1. The molecule has 5 nitrogen and oxygen atoms in total. The zero-order chi connectivity index (χ0) is 20.4. The molecule has 0 bridgehead atoms. The maximum atomic E-state index is 13.4. The van der Waals surface area contributed by atoms with Crippen LogP contribution < -0.4 is 5.32 Å². The number of aromatic amines is 1. The van der Waals surface area contributed by atoms with Crippen molar-refractivity contribution >= 4 is 29.5 Å². The first kappa shape index (κ1) is 20.0. The quantitative estimate of drug-likeness (QED) is 0.541. The van der Waals surface area contributed by atoms with Crippen LogP contribution in [0.3, 0.4) is 0 Å². The second kappa shape index (κ2) is 8.20. The van der Waals surface area contributed by atoms with Crippen LogP contribution in [0.25, 0.3) is 10.7 Å². The molecule has 1 unspecified atom stereocenters. The third-order valence-electron chi connectivity index (χ3n) is 5.83. The smallest absolute Gasteiger partial charge is 0.242 e. The van der Waals surface area contributed by atoms with Crippen molar-refractivity contribution in [2.75, 3.05) is 6.54 Å². The van der Waals surface area contributed by atoms with Crippen LogP contribution in [0.4, 0.5) is 4.39 Å². The van der Waals surface area contributed by atoms with Gasteiger partial charge in [0.25, 0.3) is 0 Å². The number of amides is 1. The van der Waals surface area contributed by atoms with Gasteiger partial charge in [0.15, 0.2) is 10.6 Å². The lowest BCUT2D eigenvalue weighted by Gasteiger charge is -2.30. The third kappa shape index (κ3) is 3.91. The standard InChI is InChI=1S/C21H23FN4OS2/c1-14(26-18(24-25-20(26)28)17-5-4-12-29-17)19(27)23-13-21(10-2-3-11-21)15-6-8-16(22)9-7-15/h4-9,12,14H,2-3,10-11,13H2,1H3,(H,23,27)(H,25,28). The average molecular weight is 431 g/mol. The highest BCUT2D eigenvalue weighted by Gasteiger charge is 2.36. The van der Waals surface area contributed by atoms with Crippen LogP contribution in [0.1, 0.15) is 44.2 Å². The summed E-state index contributed by atoms with van der Waals surface area (Å²) in [5.74, 6) is 0.324. The van der Waals surface area contributed by atoms with E-state index < -0.39 is 6.04 Å². The zero-order valence-electron chi connectivity index (χ0n) is 16.2. The monoisotopic (exact) mass is 430 g/mol. The predicted octanol–water partition coefficient (Wildman–Crippen LogP) is 5.00. The number of aromatic nitrogens is 3. The van der Waals surface area contributed by atoms with Crippen molar-refractivity contribution < 1.29 is 9.18 Å². The van der Waals surface area contributed by atoms with Crippen LogP contribution in [0.15, 0.2) is 41.8 Å². The summed E-state index contributed by atoms with van der Waals surface area (Å²) in [4.78, 5) is 14.0. The van der Waals surface area contributed by atoms with Crippen LogP contribution in [0.2, 0.25) is 0 Å². The Morgan fingerprint density at radius 2 is 2.07 bits per heavy atom. The number of hydrogen-bond donors (Lipinski definition) is 2. The fourth-order valence-corrected chi connectivity index (χ4v) is 5.19. The maximum Gasteiger partial charge on any atom is 0.242 e. The summed E-state index contributed by atoms with van der Waals surface area (Å²) in [6.45, 7) is 2.36. The molecule has 29 heavy (non-hydrogen) atoms. The van der Waals surface area contributed by atoms with E-state index in [4.69, 9.17) is 12.2 Å². The van der Waals surface area contributed by atoms with E-state index >= 15 is 0 Å². The first-order valence-electron chi connectivity index (χ1n) is 9.75. The van der Waals surface area contributed by atoms with Gasteiger partial charge in [-0.15, -0.1) is 11.3 Å². The Hall–Kier alpha value is -2.32. The van der Waals surface area contributed by atoms with Crippen molar-refractivity contribution in [3.05, 3.63) is 57.9 Å². The molecule has 1 aliphatic carbocycles. The Labute approximate surface area is 178 Å². The van der Waals surface area contributed by atoms with Gasteiger partial charge in [0.1, 0.15) is 11.9 Å². The molecule has 0 radical (unpaired) electrons. The molecule has 1 aliphatic rings. The van der Waals surface area contributed by atoms with Crippen LogP contribution in [0.5, 0.6) is 0 Å². The molecule has 1 atom stereocenters. The Morgan fingerprint density at radius 1 is 1.34 bits per heavy atom. The van der Waals surface area contributed by atoms with Gasteiger partial charge in [-0.25, -0.2) is 4.39 Å². The van der Waals surface area contributed by atoms with E-state index in [0.29, 0.717) is 17.1 Å². The summed E-state index contributed by atoms with van der Waals surface area (Å²) in [5, 5.41) is 12.2. The fraction of sp³-hybridized carbons (Fsp3) is 0.381. The lowest BCUT2D eigenvalue weighted by Crippen LogP contribution is -2.41. The molecular weight excluding hydrogens is 407 g/mol. The second-order valence-corrected chi connectivity index (χ2v) is 8.92. The first-order chi connectivity index (χ1) is 14.0. The molecule has 1 amide bonds. The van der Waals surface area contributed by atoms with Crippen molar-refractivity contribution in [3.8, 4) is 10.7 Å². The second-order valence-electron chi connectivity index (χ2n) is 7.59. The number of rotatable bonds is 6.